The fraction of sp³-hybridized carbons (Fsp3) is 0.476. The zero-order chi connectivity index (χ0) is 20.8. The maximum Gasteiger partial charge on any atom is 0.239 e. The molecule has 30 heavy (non-hydrogen) atoms. The van der Waals surface area contributed by atoms with Gasteiger partial charge in [-0.1, -0.05) is 35.8 Å². The number of aryl methyl sites for hydroxylation is 1. The largest absolute Gasteiger partial charge is 0.352 e. The Kier molecular flexibility index (Phi) is 6.48. The summed E-state index contributed by atoms with van der Waals surface area (Å²) >= 11 is 0. The summed E-state index contributed by atoms with van der Waals surface area (Å²) in [6, 6.07) is 8.95. The third-order valence-electron chi connectivity index (χ3n) is 5.57. The molecule has 1 atom stereocenters. The molecule has 9 heteroatoms. The first kappa shape index (κ1) is 20.2. The maximum atomic E-state index is 12.3. The minimum Gasteiger partial charge on any atom is -0.352 e. The number of carbonyl (C=O) groups is 1. The van der Waals surface area contributed by atoms with Gasteiger partial charge in [-0.2, -0.15) is 10.1 Å². The summed E-state index contributed by atoms with van der Waals surface area (Å²) in [5, 5.41) is 13.3. The summed E-state index contributed by atoms with van der Waals surface area (Å²) < 4.78 is 5.18. The SMILES string of the molecule is CC1CCCCN1Cc1ccccc1CNC(=O)CCc1nc(-c2ncn[nH]2)no1. The molecule has 2 N–H and O–H groups in total. The lowest BCUT2D eigenvalue weighted by atomic mass is 10.0. The number of likely N-dealkylation sites (tertiary alicyclic amines) is 1. The van der Waals surface area contributed by atoms with Gasteiger partial charge < -0.3 is 9.84 Å². The van der Waals surface area contributed by atoms with E-state index in [9.17, 15) is 4.79 Å². The van der Waals surface area contributed by atoms with Gasteiger partial charge in [0.15, 0.2) is 5.82 Å². The van der Waals surface area contributed by atoms with Gasteiger partial charge in [-0.05, 0) is 37.4 Å². The first-order valence-corrected chi connectivity index (χ1v) is 10.4. The average molecular weight is 409 g/mol. The molecule has 9 nitrogen and oxygen atoms in total. The van der Waals surface area contributed by atoms with Crippen LogP contribution in [0.3, 0.4) is 0 Å². The number of nitrogens with one attached hydrogen (secondary N) is 2. The highest BCUT2D eigenvalue weighted by Crippen LogP contribution is 2.21. The number of hydrogen-bond donors (Lipinski definition) is 2. The molecule has 0 radical (unpaired) electrons. The van der Waals surface area contributed by atoms with Crippen molar-refractivity contribution in [3.8, 4) is 11.6 Å². The number of hydrogen-bond acceptors (Lipinski definition) is 7. The van der Waals surface area contributed by atoms with E-state index in [-0.39, 0.29) is 12.3 Å². The van der Waals surface area contributed by atoms with Gasteiger partial charge in [-0.3, -0.25) is 14.8 Å². The number of nitrogens with zero attached hydrogens (tertiary/aromatic N) is 5. The van der Waals surface area contributed by atoms with Gasteiger partial charge in [-0.15, -0.1) is 0 Å². The van der Waals surface area contributed by atoms with Crippen molar-refractivity contribution in [2.45, 2.75) is 58.2 Å². The van der Waals surface area contributed by atoms with E-state index in [0.717, 1.165) is 18.7 Å². The number of H-pyrrole nitrogens is 1. The van der Waals surface area contributed by atoms with Crippen molar-refractivity contribution in [1.82, 2.24) is 35.5 Å². The van der Waals surface area contributed by atoms with Gasteiger partial charge in [0.05, 0.1) is 0 Å². The Labute approximate surface area is 175 Å². The summed E-state index contributed by atoms with van der Waals surface area (Å²) in [5.74, 6) is 1.13. The minimum absolute atomic E-state index is 0.0458. The van der Waals surface area contributed by atoms with Crippen LogP contribution in [-0.4, -0.2) is 48.7 Å². The van der Waals surface area contributed by atoms with Crippen LogP contribution < -0.4 is 5.32 Å². The lowest BCUT2D eigenvalue weighted by molar-refractivity contribution is -0.121. The van der Waals surface area contributed by atoms with E-state index < -0.39 is 0 Å². The van der Waals surface area contributed by atoms with Gasteiger partial charge in [-0.25, -0.2) is 4.98 Å². The van der Waals surface area contributed by atoms with Crippen molar-refractivity contribution in [1.29, 1.82) is 0 Å². The summed E-state index contributed by atoms with van der Waals surface area (Å²) in [4.78, 5) is 23.1. The Morgan fingerprint density at radius 2 is 2.17 bits per heavy atom. The smallest absolute Gasteiger partial charge is 0.239 e. The highest BCUT2D eigenvalue weighted by Gasteiger charge is 2.19. The van der Waals surface area contributed by atoms with Crippen LogP contribution in [0.25, 0.3) is 11.6 Å². The molecule has 0 aliphatic carbocycles. The number of aromatic amines is 1. The van der Waals surface area contributed by atoms with E-state index in [1.165, 1.54) is 31.2 Å². The van der Waals surface area contributed by atoms with E-state index in [0.29, 0.717) is 36.5 Å². The van der Waals surface area contributed by atoms with Crippen LogP contribution >= 0.6 is 0 Å². The molecule has 2 aromatic heterocycles. The van der Waals surface area contributed by atoms with Crippen molar-refractivity contribution in [2.24, 2.45) is 0 Å². The number of aromatic nitrogens is 5. The van der Waals surface area contributed by atoms with E-state index in [2.05, 4.69) is 60.7 Å². The standard InChI is InChI=1S/C21H27N7O2/c1-15-6-4-5-11-28(15)13-17-8-3-2-7-16(17)12-22-18(29)9-10-19-25-21(27-30-19)20-23-14-24-26-20/h2-3,7-8,14-15H,4-6,9-13H2,1H3,(H,22,29)(H,23,24,26). The first-order valence-electron chi connectivity index (χ1n) is 10.4. The molecule has 4 rings (SSSR count). The third-order valence-corrected chi connectivity index (χ3v) is 5.57. The fourth-order valence-electron chi connectivity index (χ4n) is 3.76. The molecule has 1 fully saturated rings. The van der Waals surface area contributed by atoms with E-state index >= 15 is 0 Å². The van der Waals surface area contributed by atoms with E-state index in [1.807, 2.05) is 6.07 Å². The Balaban J connectivity index is 1.28. The highest BCUT2D eigenvalue weighted by molar-refractivity contribution is 5.76. The minimum atomic E-state index is -0.0458. The quantitative estimate of drug-likeness (QED) is 0.588. The molecule has 3 heterocycles. The number of amides is 1. The molecule has 0 bridgehead atoms. The van der Waals surface area contributed by atoms with Crippen molar-refractivity contribution in [2.75, 3.05) is 6.54 Å². The van der Waals surface area contributed by atoms with Crippen molar-refractivity contribution in [3.63, 3.8) is 0 Å². The Morgan fingerprint density at radius 3 is 2.97 bits per heavy atom. The molecule has 0 saturated carbocycles. The molecular weight excluding hydrogens is 382 g/mol. The highest BCUT2D eigenvalue weighted by atomic mass is 16.5. The second-order valence-corrected chi connectivity index (χ2v) is 7.71. The van der Waals surface area contributed by atoms with Crippen LogP contribution in [0.4, 0.5) is 0 Å². The molecule has 3 aromatic rings. The third kappa shape index (κ3) is 5.10. The van der Waals surface area contributed by atoms with Gasteiger partial charge in [0.1, 0.15) is 6.33 Å². The summed E-state index contributed by atoms with van der Waals surface area (Å²) in [5.41, 5.74) is 2.44. The van der Waals surface area contributed by atoms with Gasteiger partial charge in [0, 0.05) is 32.0 Å². The maximum absolute atomic E-state index is 12.3. The molecule has 1 unspecified atom stereocenters. The number of piperidine rings is 1. The van der Waals surface area contributed by atoms with E-state index in [1.54, 1.807) is 0 Å². The topological polar surface area (TPSA) is 113 Å². The van der Waals surface area contributed by atoms with Crippen molar-refractivity contribution >= 4 is 5.91 Å². The molecule has 0 spiro atoms. The lowest BCUT2D eigenvalue weighted by Crippen LogP contribution is -2.37. The summed E-state index contributed by atoms with van der Waals surface area (Å²) in [7, 11) is 0. The first-order chi connectivity index (χ1) is 14.7. The van der Waals surface area contributed by atoms with Crippen molar-refractivity contribution in [3.05, 3.63) is 47.6 Å². The fourth-order valence-corrected chi connectivity index (χ4v) is 3.76. The van der Waals surface area contributed by atoms with Crippen LogP contribution in [0.1, 0.15) is 49.6 Å². The molecule has 1 aliphatic heterocycles. The van der Waals surface area contributed by atoms with Crippen molar-refractivity contribution < 1.29 is 9.32 Å². The van der Waals surface area contributed by atoms with Gasteiger partial charge in [0.2, 0.25) is 17.6 Å². The number of rotatable bonds is 8. The molecule has 1 amide bonds. The van der Waals surface area contributed by atoms with Gasteiger partial charge >= 0.3 is 0 Å². The van der Waals surface area contributed by atoms with Gasteiger partial charge in [0.25, 0.3) is 0 Å². The zero-order valence-corrected chi connectivity index (χ0v) is 17.2. The van der Waals surface area contributed by atoms with Crippen LogP contribution in [0, 0.1) is 0 Å². The van der Waals surface area contributed by atoms with Crippen LogP contribution in [-0.2, 0) is 24.3 Å². The average Bonchev–Trinajstić information content (AvgIpc) is 3.45. The summed E-state index contributed by atoms with van der Waals surface area (Å²) in [6.07, 6.45) is 5.87. The van der Waals surface area contributed by atoms with Crippen LogP contribution in [0.2, 0.25) is 0 Å². The number of benzene rings is 1. The monoisotopic (exact) mass is 409 g/mol. The molecular formula is C21H27N7O2. The second-order valence-electron chi connectivity index (χ2n) is 7.71. The lowest BCUT2D eigenvalue weighted by Gasteiger charge is -2.33. The zero-order valence-electron chi connectivity index (χ0n) is 17.2. The molecule has 158 valence electrons. The molecule has 1 aromatic carbocycles. The Bertz CT molecular complexity index is 954. The normalized spacial score (nSPS) is 17.2. The Hall–Kier alpha value is -3.07. The Morgan fingerprint density at radius 1 is 1.30 bits per heavy atom. The van der Waals surface area contributed by atoms with Crippen LogP contribution in [0.5, 0.6) is 0 Å². The summed E-state index contributed by atoms with van der Waals surface area (Å²) in [6.45, 7) is 4.89. The predicted molar refractivity (Wildman–Crippen MR) is 110 cm³/mol. The molecule has 1 aliphatic rings. The number of carbonyl (C=O) groups excluding carboxylic acids is 1. The predicted octanol–water partition coefficient (Wildman–Crippen LogP) is 2.48. The molecule has 1 saturated heterocycles. The second kappa shape index (κ2) is 9.62. The van der Waals surface area contributed by atoms with E-state index in [4.69, 9.17) is 4.52 Å². The van der Waals surface area contributed by atoms with Crippen LogP contribution in [0.15, 0.2) is 35.1 Å².